The number of nitrogens with two attached hydrogens (primary N) is 1. The molecule has 1 aromatic heterocycles. The van der Waals surface area contributed by atoms with Gasteiger partial charge in [0, 0.05) is 18.5 Å². The number of aromatic nitrogens is 1. The van der Waals surface area contributed by atoms with E-state index in [4.69, 9.17) is 5.14 Å². The fourth-order valence-corrected chi connectivity index (χ4v) is 4.59. The molecular weight excluding hydrogens is 441 g/mol. The minimum atomic E-state index is -4.46. The number of hydrogen-bond donors (Lipinski definition) is 2. The van der Waals surface area contributed by atoms with Crippen molar-refractivity contribution >= 4 is 33.5 Å². The maximum Gasteiger partial charge on any atom is 0.417 e. The lowest BCUT2D eigenvalue weighted by molar-refractivity contribution is -0.137. The first-order valence-electron chi connectivity index (χ1n) is 8.83. The zero-order valence-corrected chi connectivity index (χ0v) is 17.2. The van der Waals surface area contributed by atoms with Crippen LogP contribution in [0.4, 0.5) is 19.0 Å². The first-order valence-corrected chi connectivity index (χ1v) is 11.5. The fourth-order valence-electron chi connectivity index (χ4n) is 2.90. The van der Waals surface area contributed by atoms with Crippen molar-refractivity contribution in [1.29, 1.82) is 0 Å². The van der Waals surface area contributed by atoms with E-state index in [9.17, 15) is 26.4 Å². The monoisotopic (exact) mass is 460 g/mol. The highest BCUT2D eigenvalue weighted by Crippen LogP contribution is 2.31. The van der Waals surface area contributed by atoms with Gasteiger partial charge in [0.05, 0.1) is 16.3 Å². The van der Waals surface area contributed by atoms with Crippen molar-refractivity contribution < 1.29 is 26.4 Å². The summed E-state index contributed by atoms with van der Waals surface area (Å²) in [5.41, 5.74) is -0.0164. The number of anilines is 1. The lowest BCUT2D eigenvalue weighted by Crippen LogP contribution is -2.45. The van der Waals surface area contributed by atoms with Crippen LogP contribution < -0.4 is 15.4 Å². The molecule has 1 fully saturated rings. The second kappa shape index (κ2) is 8.82. The van der Waals surface area contributed by atoms with Crippen molar-refractivity contribution in [2.75, 3.05) is 23.1 Å². The SMILES string of the molecule is NS(=O)(=O)c1ccc(CCNC(=O)[C@@H]2CSCN2c2ccc(C(F)(F)F)cn2)cc1. The predicted octanol–water partition coefficient (Wildman–Crippen LogP) is 1.99. The maximum atomic E-state index is 12.7. The van der Waals surface area contributed by atoms with Crippen LogP contribution in [-0.2, 0) is 27.4 Å². The van der Waals surface area contributed by atoms with Crippen molar-refractivity contribution in [3.05, 3.63) is 53.7 Å². The van der Waals surface area contributed by atoms with Crippen molar-refractivity contribution in [2.45, 2.75) is 23.5 Å². The number of rotatable bonds is 6. The third-order valence-corrected chi connectivity index (χ3v) is 6.46. The van der Waals surface area contributed by atoms with E-state index >= 15 is 0 Å². The average molecular weight is 461 g/mol. The Bertz CT molecular complexity index is 997. The summed E-state index contributed by atoms with van der Waals surface area (Å²) in [6, 6.07) is 7.72. The highest BCUT2D eigenvalue weighted by atomic mass is 32.2. The van der Waals surface area contributed by atoms with Crippen LogP contribution >= 0.6 is 11.8 Å². The third kappa shape index (κ3) is 5.43. The Morgan fingerprint density at radius 1 is 1.23 bits per heavy atom. The fraction of sp³-hybridized carbons (Fsp3) is 0.333. The van der Waals surface area contributed by atoms with Gasteiger partial charge in [-0.1, -0.05) is 12.1 Å². The molecule has 1 saturated heterocycles. The molecule has 2 heterocycles. The molecule has 1 amide bonds. The second-order valence-electron chi connectivity index (χ2n) is 6.62. The van der Waals surface area contributed by atoms with E-state index in [-0.39, 0.29) is 10.8 Å². The van der Waals surface area contributed by atoms with Crippen molar-refractivity contribution in [1.82, 2.24) is 10.3 Å². The molecule has 2 aromatic rings. The highest BCUT2D eigenvalue weighted by Gasteiger charge is 2.34. The van der Waals surface area contributed by atoms with E-state index in [1.54, 1.807) is 17.0 Å². The number of halogens is 3. The number of amides is 1. The van der Waals surface area contributed by atoms with Gasteiger partial charge >= 0.3 is 6.18 Å². The zero-order chi connectivity index (χ0) is 21.9. The summed E-state index contributed by atoms with van der Waals surface area (Å²) >= 11 is 1.49. The highest BCUT2D eigenvalue weighted by molar-refractivity contribution is 7.99. The first-order chi connectivity index (χ1) is 14.1. The quantitative estimate of drug-likeness (QED) is 0.683. The van der Waals surface area contributed by atoms with E-state index in [1.165, 1.54) is 30.0 Å². The molecule has 0 spiro atoms. The number of primary sulfonamides is 1. The first kappa shape index (κ1) is 22.4. The Hall–Kier alpha value is -2.31. The number of nitrogens with zero attached hydrogens (tertiary/aromatic N) is 2. The van der Waals surface area contributed by atoms with Crippen LogP contribution in [0.15, 0.2) is 47.5 Å². The molecule has 7 nitrogen and oxygen atoms in total. The Morgan fingerprint density at radius 3 is 2.50 bits per heavy atom. The van der Waals surface area contributed by atoms with Gasteiger partial charge in [0.2, 0.25) is 15.9 Å². The Labute approximate surface area is 175 Å². The molecule has 3 rings (SSSR count). The number of carbonyl (C=O) groups is 1. The van der Waals surface area contributed by atoms with Gasteiger partial charge in [-0.25, -0.2) is 18.5 Å². The standard InChI is InChI=1S/C18H19F3N4O3S2/c19-18(20,21)13-3-6-16(24-9-13)25-11-29-10-15(25)17(26)23-8-7-12-1-4-14(5-2-12)30(22,27)28/h1-6,9,15H,7-8,10-11H2,(H,23,26)(H2,22,27,28)/t15-/m0/s1. The van der Waals surface area contributed by atoms with Gasteiger partial charge in [-0.05, 0) is 36.2 Å². The van der Waals surface area contributed by atoms with Crippen LogP contribution in [0, 0.1) is 0 Å². The minimum absolute atomic E-state index is 0.0120. The molecule has 3 N–H and O–H groups in total. The van der Waals surface area contributed by atoms with Crippen LogP contribution in [0.2, 0.25) is 0 Å². The summed E-state index contributed by atoms with van der Waals surface area (Å²) in [6.45, 7) is 0.322. The van der Waals surface area contributed by atoms with Gasteiger partial charge in [0.25, 0.3) is 0 Å². The Balaban J connectivity index is 1.57. The number of hydrogen-bond acceptors (Lipinski definition) is 6. The van der Waals surface area contributed by atoms with Gasteiger partial charge in [-0.2, -0.15) is 13.2 Å². The number of sulfonamides is 1. The summed E-state index contributed by atoms with van der Waals surface area (Å²) in [5.74, 6) is 1.01. The molecule has 0 unspecified atom stereocenters. The van der Waals surface area contributed by atoms with E-state index < -0.39 is 27.8 Å². The topological polar surface area (TPSA) is 105 Å². The van der Waals surface area contributed by atoms with E-state index in [2.05, 4.69) is 10.3 Å². The third-order valence-electron chi connectivity index (χ3n) is 4.52. The maximum absolute atomic E-state index is 12.7. The lowest BCUT2D eigenvalue weighted by Gasteiger charge is -2.24. The predicted molar refractivity (Wildman–Crippen MR) is 107 cm³/mol. The molecule has 1 atom stereocenters. The smallest absolute Gasteiger partial charge is 0.354 e. The second-order valence-corrected chi connectivity index (χ2v) is 9.18. The minimum Gasteiger partial charge on any atom is -0.354 e. The van der Waals surface area contributed by atoms with E-state index in [1.807, 2.05) is 0 Å². The van der Waals surface area contributed by atoms with Crippen molar-refractivity contribution in [3.63, 3.8) is 0 Å². The number of thioether (sulfide) groups is 1. The Kier molecular flexibility index (Phi) is 6.58. The van der Waals surface area contributed by atoms with Gasteiger partial charge in [0.15, 0.2) is 0 Å². The van der Waals surface area contributed by atoms with Crippen LogP contribution in [0.1, 0.15) is 11.1 Å². The molecule has 0 saturated carbocycles. The van der Waals surface area contributed by atoms with E-state index in [0.717, 1.165) is 17.8 Å². The molecule has 30 heavy (non-hydrogen) atoms. The number of nitrogens with one attached hydrogen (secondary N) is 1. The summed E-state index contributed by atoms with van der Waals surface area (Å²) in [6.07, 6.45) is -3.22. The Morgan fingerprint density at radius 2 is 1.93 bits per heavy atom. The summed E-state index contributed by atoms with van der Waals surface area (Å²) in [7, 11) is -3.75. The van der Waals surface area contributed by atoms with Gasteiger partial charge in [-0.3, -0.25) is 4.79 Å². The molecule has 1 aliphatic heterocycles. The van der Waals surface area contributed by atoms with Crippen LogP contribution in [-0.4, -0.2) is 43.5 Å². The van der Waals surface area contributed by atoms with Gasteiger partial charge in [0.1, 0.15) is 11.9 Å². The van der Waals surface area contributed by atoms with Crippen LogP contribution in [0.25, 0.3) is 0 Å². The number of carbonyl (C=O) groups excluding carboxylic acids is 1. The molecule has 1 aromatic carbocycles. The molecule has 1 aliphatic rings. The molecule has 0 radical (unpaired) electrons. The number of benzene rings is 1. The number of alkyl halides is 3. The van der Waals surface area contributed by atoms with Crippen LogP contribution in [0.3, 0.4) is 0 Å². The molecular formula is C18H19F3N4O3S2. The van der Waals surface area contributed by atoms with Crippen molar-refractivity contribution in [2.24, 2.45) is 5.14 Å². The molecule has 0 bridgehead atoms. The summed E-state index contributed by atoms with van der Waals surface area (Å²) in [5, 5.41) is 7.86. The molecule has 0 aliphatic carbocycles. The van der Waals surface area contributed by atoms with Crippen molar-refractivity contribution in [3.8, 4) is 0 Å². The summed E-state index contributed by atoms with van der Waals surface area (Å²) in [4.78, 5) is 18.1. The van der Waals surface area contributed by atoms with Gasteiger partial charge < -0.3 is 10.2 Å². The molecule has 12 heteroatoms. The van der Waals surface area contributed by atoms with Gasteiger partial charge in [-0.15, -0.1) is 11.8 Å². The average Bonchev–Trinajstić information content (AvgIpc) is 3.17. The molecule has 162 valence electrons. The number of pyridine rings is 1. The largest absolute Gasteiger partial charge is 0.417 e. The van der Waals surface area contributed by atoms with Crippen LogP contribution in [0.5, 0.6) is 0 Å². The lowest BCUT2D eigenvalue weighted by atomic mass is 10.1. The normalized spacial score (nSPS) is 17.2. The summed E-state index contributed by atoms with van der Waals surface area (Å²) < 4.78 is 60.6. The zero-order valence-electron chi connectivity index (χ0n) is 15.6. The van der Waals surface area contributed by atoms with E-state index in [0.29, 0.717) is 30.4 Å².